The van der Waals surface area contributed by atoms with Crippen LogP contribution in [-0.4, -0.2) is 29.9 Å². The van der Waals surface area contributed by atoms with Gasteiger partial charge in [-0.2, -0.15) is 0 Å². The van der Waals surface area contributed by atoms with E-state index in [1.165, 1.54) is 5.47 Å². The van der Waals surface area contributed by atoms with Gasteiger partial charge in [0.1, 0.15) is 6.10 Å². The molecule has 0 spiro atoms. The van der Waals surface area contributed by atoms with Gasteiger partial charge in [-0.25, -0.2) is 0 Å². The van der Waals surface area contributed by atoms with Crippen LogP contribution in [0.2, 0.25) is 0 Å². The van der Waals surface area contributed by atoms with Crippen LogP contribution in [0.5, 0.6) is 0 Å². The first-order valence-electron chi connectivity index (χ1n) is 7.89. The lowest BCUT2D eigenvalue weighted by atomic mass is 9.74. The van der Waals surface area contributed by atoms with E-state index >= 15 is 0 Å². The maximum Gasteiger partial charge on any atom is 0.490 e. The molecule has 2 aliphatic heterocycles. The number of pyridine rings is 1. The molecule has 0 saturated carbocycles. The molecule has 1 fully saturated rings. The van der Waals surface area contributed by atoms with Crippen molar-refractivity contribution >= 4 is 7.12 Å². The average Bonchev–Trinajstić information content (AvgIpc) is 2.68. The van der Waals surface area contributed by atoms with Gasteiger partial charge in [-0.1, -0.05) is 6.08 Å². The molecule has 1 unspecified atom stereocenters. The highest BCUT2D eigenvalue weighted by Crippen LogP contribution is 2.40. The van der Waals surface area contributed by atoms with Crippen LogP contribution >= 0.6 is 0 Å². The van der Waals surface area contributed by atoms with E-state index in [2.05, 4.69) is 44.8 Å². The number of ether oxygens (including phenoxy) is 1. The van der Waals surface area contributed by atoms with Gasteiger partial charge in [0, 0.05) is 11.9 Å². The van der Waals surface area contributed by atoms with Crippen molar-refractivity contribution < 1.29 is 14.0 Å². The van der Waals surface area contributed by atoms with Gasteiger partial charge in [-0.3, -0.25) is 4.98 Å². The average molecular weight is 301 g/mol. The molecule has 2 aliphatic rings. The smallest absolute Gasteiger partial charge is 0.400 e. The Morgan fingerprint density at radius 3 is 2.50 bits per heavy atom. The van der Waals surface area contributed by atoms with Gasteiger partial charge in [-0.05, 0) is 64.2 Å². The summed E-state index contributed by atoms with van der Waals surface area (Å²) in [6, 6.07) is 4.07. The highest BCUT2D eigenvalue weighted by atomic mass is 16.7. The second-order valence-electron chi connectivity index (χ2n) is 7.10. The third-order valence-corrected chi connectivity index (χ3v) is 4.86. The Morgan fingerprint density at radius 2 is 1.86 bits per heavy atom. The van der Waals surface area contributed by atoms with Crippen LogP contribution in [0.15, 0.2) is 29.9 Å². The van der Waals surface area contributed by atoms with Crippen molar-refractivity contribution in [2.24, 2.45) is 0 Å². The first-order chi connectivity index (χ1) is 10.3. The molecule has 0 aromatic carbocycles. The predicted octanol–water partition coefficient (Wildman–Crippen LogP) is 3.41. The molecule has 118 valence electrons. The molecular weight excluding hydrogens is 277 g/mol. The fourth-order valence-electron chi connectivity index (χ4n) is 2.76. The summed E-state index contributed by atoms with van der Waals surface area (Å²) in [6.45, 7) is 11.0. The lowest BCUT2D eigenvalue weighted by molar-refractivity contribution is 0.00578. The van der Waals surface area contributed by atoms with Crippen molar-refractivity contribution in [3.05, 3.63) is 41.1 Å². The van der Waals surface area contributed by atoms with E-state index in [1.54, 1.807) is 0 Å². The third-order valence-electron chi connectivity index (χ3n) is 4.86. The fourth-order valence-corrected chi connectivity index (χ4v) is 2.76. The first kappa shape index (κ1) is 15.7. The molecule has 1 saturated heterocycles. The molecule has 4 nitrogen and oxygen atoms in total. The quantitative estimate of drug-likeness (QED) is 0.785. The molecule has 3 rings (SSSR count). The summed E-state index contributed by atoms with van der Waals surface area (Å²) in [5, 5.41) is 0. The van der Waals surface area contributed by atoms with Crippen LogP contribution in [0.3, 0.4) is 0 Å². The minimum Gasteiger partial charge on any atom is -0.400 e. The van der Waals surface area contributed by atoms with Crippen molar-refractivity contribution in [3.63, 3.8) is 0 Å². The van der Waals surface area contributed by atoms with Crippen LogP contribution in [0.1, 0.15) is 51.5 Å². The second kappa shape index (κ2) is 5.48. The molecule has 1 aromatic heterocycles. The van der Waals surface area contributed by atoms with Crippen LogP contribution in [0.4, 0.5) is 0 Å². The third kappa shape index (κ3) is 2.85. The molecule has 0 radical (unpaired) electrons. The summed E-state index contributed by atoms with van der Waals surface area (Å²) >= 11 is 0. The van der Waals surface area contributed by atoms with Crippen LogP contribution in [-0.2, 0) is 14.0 Å². The van der Waals surface area contributed by atoms with Crippen molar-refractivity contribution in [1.29, 1.82) is 0 Å². The summed E-state index contributed by atoms with van der Waals surface area (Å²) in [6.07, 6.45) is 4.76. The zero-order valence-electron chi connectivity index (χ0n) is 14.1. The van der Waals surface area contributed by atoms with Gasteiger partial charge in [-0.15, -0.1) is 0 Å². The molecule has 1 aromatic rings. The number of aromatic nitrogens is 1. The molecule has 5 heteroatoms. The number of hydrogen-bond donors (Lipinski definition) is 0. The highest BCUT2D eigenvalue weighted by Gasteiger charge is 2.52. The SMILES string of the molecule is Cc1cc(C2C=C(B3OC(C)(C)C(C)(C)O3)CCO2)ccn1. The Kier molecular flexibility index (Phi) is 3.92. The predicted molar refractivity (Wildman–Crippen MR) is 86.4 cm³/mol. The molecule has 3 heterocycles. The fraction of sp³-hybridized carbons (Fsp3) is 0.588. The van der Waals surface area contributed by atoms with Gasteiger partial charge in [0.15, 0.2) is 0 Å². The maximum atomic E-state index is 6.15. The maximum absolute atomic E-state index is 6.15. The summed E-state index contributed by atoms with van der Waals surface area (Å²) in [7, 11) is -0.278. The molecule has 22 heavy (non-hydrogen) atoms. The molecular formula is C17H24BNO3. The van der Waals surface area contributed by atoms with E-state index < -0.39 is 0 Å². The zero-order valence-corrected chi connectivity index (χ0v) is 14.1. The van der Waals surface area contributed by atoms with Crippen molar-refractivity contribution in [2.75, 3.05) is 6.61 Å². The lowest BCUT2D eigenvalue weighted by Gasteiger charge is -2.32. The molecule has 0 amide bonds. The van der Waals surface area contributed by atoms with Crippen LogP contribution in [0, 0.1) is 6.92 Å². The molecule has 0 N–H and O–H groups in total. The zero-order chi connectivity index (χ0) is 16.0. The number of hydrogen-bond acceptors (Lipinski definition) is 4. The topological polar surface area (TPSA) is 40.6 Å². The van der Waals surface area contributed by atoms with E-state index in [1.807, 2.05) is 19.2 Å². The van der Waals surface area contributed by atoms with E-state index in [0.29, 0.717) is 6.61 Å². The van der Waals surface area contributed by atoms with E-state index in [-0.39, 0.29) is 24.4 Å². The summed E-state index contributed by atoms with van der Waals surface area (Å²) in [4.78, 5) is 4.24. The Balaban J connectivity index is 1.83. The second-order valence-corrected chi connectivity index (χ2v) is 7.10. The van der Waals surface area contributed by atoms with Crippen molar-refractivity contribution in [2.45, 2.75) is 58.3 Å². The minimum absolute atomic E-state index is 0.0514. The van der Waals surface area contributed by atoms with E-state index in [0.717, 1.165) is 17.7 Å². The van der Waals surface area contributed by atoms with Crippen molar-refractivity contribution in [3.8, 4) is 0 Å². The number of nitrogens with zero attached hydrogens (tertiary/aromatic N) is 1. The van der Waals surface area contributed by atoms with Crippen LogP contribution in [0.25, 0.3) is 0 Å². The summed E-state index contributed by atoms with van der Waals surface area (Å²) < 4.78 is 18.2. The molecule has 0 bridgehead atoms. The minimum atomic E-state index is -0.306. The van der Waals surface area contributed by atoms with Gasteiger partial charge >= 0.3 is 7.12 Å². The summed E-state index contributed by atoms with van der Waals surface area (Å²) in [5.41, 5.74) is 2.68. The first-order valence-corrected chi connectivity index (χ1v) is 7.89. The highest BCUT2D eigenvalue weighted by molar-refractivity contribution is 6.54. The van der Waals surface area contributed by atoms with E-state index in [4.69, 9.17) is 14.0 Å². The number of aryl methyl sites for hydroxylation is 1. The Hall–Kier alpha value is -1.17. The lowest BCUT2D eigenvalue weighted by Crippen LogP contribution is -2.41. The van der Waals surface area contributed by atoms with Gasteiger partial charge < -0.3 is 14.0 Å². The number of rotatable bonds is 2. The Bertz CT molecular complexity index is 581. The monoisotopic (exact) mass is 301 g/mol. The van der Waals surface area contributed by atoms with Gasteiger partial charge in [0.2, 0.25) is 0 Å². The van der Waals surface area contributed by atoms with Gasteiger partial charge in [0.25, 0.3) is 0 Å². The largest absolute Gasteiger partial charge is 0.490 e. The van der Waals surface area contributed by atoms with Crippen LogP contribution < -0.4 is 0 Å². The summed E-state index contributed by atoms with van der Waals surface area (Å²) in [5.74, 6) is 0. The molecule has 1 atom stereocenters. The van der Waals surface area contributed by atoms with Crippen molar-refractivity contribution in [1.82, 2.24) is 4.98 Å². The standard InChI is InChI=1S/C17H24BNO3/c1-12-10-13(6-8-19-12)15-11-14(7-9-20-15)18-21-16(2,3)17(4,5)22-18/h6,8,10-11,15H,7,9H2,1-5H3. The van der Waals surface area contributed by atoms with Gasteiger partial charge in [0.05, 0.1) is 17.8 Å². The normalized spacial score (nSPS) is 26.9. The molecule has 0 aliphatic carbocycles. The van der Waals surface area contributed by atoms with E-state index in [9.17, 15) is 0 Å². The Labute approximate surface area is 133 Å². The Morgan fingerprint density at radius 1 is 1.18 bits per heavy atom.